The van der Waals surface area contributed by atoms with Crippen molar-refractivity contribution in [1.82, 2.24) is 10.6 Å². The number of ether oxygens (including phenoxy) is 4. The molecule has 3 N–H and O–H groups in total. The Bertz CT molecular complexity index is 1410. The van der Waals surface area contributed by atoms with Crippen LogP contribution in [0, 0.1) is 17.3 Å². The normalized spacial score (nSPS) is 29.2. The van der Waals surface area contributed by atoms with E-state index in [1.54, 1.807) is 31.2 Å². The minimum atomic E-state index is -1.22. The Hall–Kier alpha value is -3.44. The topological polar surface area (TPSA) is 136 Å². The van der Waals surface area contributed by atoms with Crippen LogP contribution in [-0.4, -0.2) is 67.2 Å². The van der Waals surface area contributed by atoms with Crippen molar-refractivity contribution < 1.29 is 38.4 Å². The highest BCUT2D eigenvalue weighted by atomic mass is 35.5. The van der Waals surface area contributed by atoms with Crippen LogP contribution in [0.3, 0.4) is 0 Å². The van der Waals surface area contributed by atoms with Gasteiger partial charge >= 0.3 is 11.9 Å². The first-order valence-corrected chi connectivity index (χ1v) is 16.5. The van der Waals surface area contributed by atoms with Crippen molar-refractivity contribution in [3.05, 3.63) is 76.8 Å². The second-order valence-electron chi connectivity index (χ2n) is 13.6. The van der Waals surface area contributed by atoms with Crippen molar-refractivity contribution in [3.8, 4) is 5.75 Å². The molecule has 2 heterocycles. The van der Waals surface area contributed by atoms with Crippen molar-refractivity contribution in [1.29, 1.82) is 0 Å². The molecule has 10 nitrogen and oxygen atoms in total. The first-order valence-electron chi connectivity index (χ1n) is 16.1. The standard InChI is InChI=1S/C36H47ClN2O8/c1-21-20-38-33(41)26(18-23-15-16-28(44-6)25(37)17-23)39-30(40)14-10-13-27(22(2)31-32(47-31)24-11-8-7-9-12-24)45-35(43)29(46-34(21)42)19-36(3,4)5/h7-12,14-17,21-22,26-27,29,31-33,38,41H,13,18-20H2,1-6H3,(H,39,40)/b14-10+/t21-,22+,26-,27+,29+,31-,32-,33?/m1/s1. The summed E-state index contributed by atoms with van der Waals surface area (Å²) in [5, 5.41) is 17.3. The lowest BCUT2D eigenvalue weighted by Crippen LogP contribution is -2.52. The molecular weight excluding hydrogens is 624 g/mol. The van der Waals surface area contributed by atoms with Crippen molar-refractivity contribution >= 4 is 29.4 Å². The summed E-state index contributed by atoms with van der Waals surface area (Å²) in [6, 6.07) is 14.3. The number of carbonyl (C=O) groups excluding carboxylic acids is 3. The van der Waals surface area contributed by atoms with Gasteiger partial charge < -0.3 is 29.4 Å². The molecule has 11 heteroatoms. The molecule has 1 fully saturated rings. The Labute approximate surface area is 282 Å². The second-order valence-corrected chi connectivity index (χ2v) is 14.0. The van der Waals surface area contributed by atoms with Crippen LogP contribution in [0.5, 0.6) is 5.75 Å². The number of carbonyl (C=O) groups is 3. The lowest BCUT2D eigenvalue weighted by atomic mass is 9.89. The zero-order valence-electron chi connectivity index (χ0n) is 27.9. The summed E-state index contributed by atoms with van der Waals surface area (Å²) in [6.45, 7) is 9.48. The van der Waals surface area contributed by atoms with E-state index >= 15 is 0 Å². The molecule has 0 radical (unpaired) electrons. The van der Waals surface area contributed by atoms with Crippen LogP contribution in [0.4, 0.5) is 0 Å². The third kappa shape index (κ3) is 10.5. The van der Waals surface area contributed by atoms with Gasteiger partial charge in [0.2, 0.25) is 5.91 Å². The number of benzene rings is 2. The van der Waals surface area contributed by atoms with E-state index in [9.17, 15) is 19.5 Å². The minimum Gasteiger partial charge on any atom is -0.495 e. The molecular formula is C36H47ClN2O8. The number of epoxide rings is 1. The van der Waals surface area contributed by atoms with Gasteiger partial charge in [0.15, 0.2) is 6.10 Å². The zero-order valence-corrected chi connectivity index (χ0v) is 28.7. The number of methoxy groups -OCH3 is 1. The van der Waals surface area contributed by atoms with E-state index in [0.717, 1.165) is 11.1 Å². The third-order valence-corrected chi connectivity index (χ3v) is 8.69. The fraction of sp³-hybridized carbons (Fsp3) is 0.528. The van der Waals surface area contributed by atoms with Crippen molar-refractivity contribution in [2.24, 2.45) is 17.3 Å². The minimum absolute atomic E-state index is 0.0302. The lowest BCUT2D eigenvalue weighted by molar-refractivity contribution is -0.177. The van der Waals surface area contributed by atoms with E-state index in [2.05, 4.69) is 10.6 Å². The number of hydrogen-bond acceptors (Lipinski definition) is 9. The lowest BCUT2D eigenvalue weighted by Gasteiger charge is -2.30. The van der Waals surface area contributed by atoms with Crippen LogP contribution < -0.4 is 15.4 Å². The number of rotatable bonds is 7. The summed E-state index contributed by atoms with van der Waals surface area (Å²) in [4.78, 5) is 40.0. The van der Waals surface area contributed by atoms with Gasteiger partial charge in [-0.3, -0.25) is 14.9 Å². The number of hydrogen-bond donors (Lipinski definition) is 3. The SMILES string of the molecule is COc1ccc(C[C@H]2NC(=O)/C=C/C[C@@H]([C@H](C)[C@H]3O[C@@H]3c3ccccc3)OC(=O)[C@H](CC(C)(C)C)OC(=O)[C@H](C)CNC2O)cc1Cl. The average Bonchev–Trinajstić information content (AvgIpc) is 3.82. The van der Waals surface area contributed by atoms with E-state index in [0.29, 0.717) is 10.8 Å². The van der Waals surface area contributed by atoms with Crippen LogP contribution in [0.2, 0.25) is 5.02 Å². The fourth-order valence-corrected chi connectivity index (χ4v) is 5.90. The molecule has 2 aromatic carbocycles. The van der Waals surface area contributed by atoms with E-state index < -0.39 is 48.2 Å². The van der Waals surface area contributed by atoms with E-state index in [4.69, 9.17) is 30.5 Å². The summed E-state index contributed by atoms with van der Waals surface area (Å²) in [7, 11) is 1.52. The zero-order chi connectivity index (χ0) is 34.3. The van der Waals surface area contributed by atoms with E-state index in [-0.39, 0.29) is 49.3 Å². The van der Waals surface area contributed by atoms with Gasteiger partial charge in [0.1, 0.15) is 24.2 Å². The molecule has 0 spiro atoms. The van der Waals surface area contributed by atoms with Crippen LogP contribution in [0.25, 0.3) is 0 Å². The monoisotopic (exact) mass is 670 g/mol. The highest BCUT2D eigenvalue weighted by molar-refractivity contribution is 6.32. The number of aliphatic hydroxyl groups is 1. The smallest absolute Gasteiger partial charge is 0.347 e. The number of halogens is 1. The van der Waals surface area contributed by atoms with Gasteiger partial charge in [-0.25, -0.2) is 4.79 Å². The van der Waals surface area contributed by atoms with Gasteiger partial charge in [-0.2, -0.15) is 0 Å². The van der Waals surface area contributed by atoms with Crippen LogP contribution in [0.1, 0.15) is 64.7 Å². The summed E-state index contributed by atoms with van der Waals surface area (Å²) >= 11 is 6.33. The summed E-state index contributed by atoms with van der Waals surface area (Å²) < 4.78 is 23.1. The quantitative estimate of drug-likeness (QED) is 0.277. The fourth-order valence-electron chi connectivity index (χ4n) is 5.62. The molecule has 2 aromatic rings. The van der Waals surface area contributed by atoms with E-state index in [1.165, 1.54) is 13.2 Å². The molecule has 256 valence electrons. The molecule has 1 unspecified atom stereocenters. The molecule has 1 saturated heterocycles. The molecule has 8 atom stereocenters. The first-order chi connectivity index (χ1) is 22.3. The van der Waals surface area contributed by atoms with Crippen molar-refractivity contribution in [2.75, 3.05) is 13.7 Å². The average molecular weight is 671 g/mol. The van der Waals surface area contributed by atoms with Gasteiger partial charge in [-0.05, 0) is 41.2 Å². The van der Waals surface area contributed by atoms with Gasteiger partial charge in [0.05, 0.1) is 30.2 Å². The maximum absolute atomic E-state index is 13.6. The Kier molecular flexibility index (Phi) is 12.5. The molecule has 47 heavy (non-hydrogen) atoms. The summed E-state index contributed by atoms with van der Waals surface area (Å²) in [6.07, 6.45) is 0.358. The van der Waals surface area contributed by atoms with E-state index in [1.807, 2.05) is 58.0 Å². The highest BCUT2D eigenvalue weighted by Gasteiger charge is 2.47. The van der Waals surface area contributed by atoms with Crippen LogP contribution in [-0.2, 0) is 35.0 Å². The van der Waals surface area contributed by atoms with Gasteiger partial charge in [0, 0.05) is 25.3 Å². The van der Waals surface area contributed by atoms with Gasteiger partial charge in [0.25, 0.3) is 0 Å². The summed E-state index contributed by atoms with van der Waals surface area (Å²) in [5.74, 6) is -2.15. The predicted molar refractivity (Wildman–Crippen MR) is 178 cm³/mol. The Balaban J connectivity index is 1.59. The first kappa shape index (κ1) is 36.4. The maximum atomic E-state index is 13.6. The second kappa shape index (κ2) is 16.1. The highest BCUT2D eigenvalue weighted by Crippen LogP contribution is 2.45. The molecule has 4 rings (SSSR count). The molecule has 2 aliphatic heterocycles. The predicted octanol–water partition coefficient (Wildman–Crippen LogP) is 4.92. The number of cyclic esters (lactones) is 2. The van der Waals surface area contributed by atoms with Crippen molar-refractivity contribution in [2.45, 2.75) is 90.6 Å². The number of esters is 2. The van der Waals surface area contributed by atoms with Gasteiger partial charge in [-0.1, -0.05) is 88.7 Å². The molecule has 2 aliphatic rings. The largest absolute Gasteiger partial charge is 0.495 e. The molecule has 0 aromatic heterocycles. The number of aliphatic hydroxyl groups excluding tert-OH is 1. The third-order valence-electron chi connectivity index (χ3n) is 8.40. The maximum Gasteiger partial charge on any atom is 0.347 e. The number of nitrogens with one attached hydrogen (secondary N) is 2. The Morgan fingerprint density at radius 1 is 1.06 bits per heavy atom. The number of amides is 1. The van der Waals surface area contributed by atoms with Gasteiger partial charge in [-0.15, -0.1) is 0 Å². The van der Waals surface area contributed by atoms with Crippen LogP contribution in [0.15, 0.2) is 60.7 Å². The van der Waals surface area contributed by atoms with Crippen LogP contribution >= 0.6 is 11.6 Å². The molecule has 1 amide bonds. The molecule has 0 saturated carbocycles. The Morgan fingerprint density at radius 2 is 1.79 bits per heavy atom. The van der Waals surface area contributed by atoms with Crippen molar-refractivity contribution in [3.63, 3.8) is 0 Å². The molecule has 0 bridgehead atoms. The molecule has 0 aliphatic carbocycles. The summed E-state index contributed by atoms with van der Waals surface area (Å²) in [5.41, 5.74) is 1.44. The Morgan fingerprint density at radius 3 is 2.45 bits per heavy atom.